The monoisotopic (exact) mass is 448 g/mol. The first-order valence-electron chi connectivity index (χ1n) is 9.59. The van der Waals surface area contributed by atoms with Crippen molar-refractivity contribution in [2.45, 2.75) is 44.3 Å². The maximum atomic E-state index is 14.4. The van der Waals surface area contributed by atoms with Crippen LogP contribution in [0.3, 0.4) is 0 Å². The van der Waals surface area contributed by atoms with Crippen molar-refractivity contribution in [3.05, 3.63) is 70.8 Å². The highest BCUT2D eigenvalue weighted by Gasteiger charge is 2.46. The molecule has 1 aliphatic heterocycles. The second-order valence-electron chi connectivity index (χ2n) is 7.16. The number of rotatable bonds is 6. The molecule has 1 saturated heterocycles. The van der Waals surface area contributed by atoms with Crippen LogP contribution in [0, 0.1) is 17.5 Å². The highest BCUT2D eigenvalue weighted by molar-refractivity contribution is 5.61. The fourth-order valence-electron chi connectivity index (χ4n) is 3.31. The average molecular weight is 448 g/mol. The van der Waals surface area contributed by atoms with Crippen molar-refractivity contribution in [2.24, 2.45) is 0 Å². The van der Waals surface area contributed by atoms with Crippen LogP contribution in [0.2, 0.25) is 0 Å². The molecule has 2 aromatic rings. The second kappa shape index (κ2) is 9.30. The van der Waals surface area contributed by atoms with Crippen LogP contribution < -0.4 is 4.74 Å². The molecule has 1 heterocycles. The molecule has 0 radical (unpaired) electrons. The van der Waals surface area contributed by atoms with E-state index in [-0.39, 0.29) is 37.4 Å². The molecule has 2 aromatic carbocycles. The molecule has 2 atom stereocenters. The number of allylic oxidation sites excluding steroid dienone is 1. The van der Waals surface area contributed by atoms with E-state index in [1.807, 2.05) is 0 Å². The van der Waals surface area contributed by atoms with Gasteiger partial charge in [-0.25, -0.2) is 22.0 Å². The van der Waals surface area contributed by atoms with E-state index < -0.39 is 47.1 Å². The van der Waals surface area contributed by atoms with Crippen molar-refractivity contribution in [1.82, 2.24) is 0 Å². The Morgan fingerprint density at radius 2 is 1.65 bits per heavy atom. The van der Waals surface area contributed by atoms with Gasteiger partial charge in [0.05, 0.1) is 6.61 Å². The first-order valence-corrected chi connectivity index (χ1v) is 9.59. The molecule has 2 unspecified atom stereocenters. The molecule has 0 N–H and O–H groups in total. The van der Waals surface area contributed by atoms with Gasteiger partial charge in [0.15, 0.2) is 29.4 Å². The fraction of sp³-hybridized carbons (Fsp3) is 0.364. The van der Waals surface area contributed by atoms with Crippen molar-refractivity contribution >= 4 is 5.83 Å². The molecule has 31 heavy (non-hydrogen) atoms. The summed E-state index contributed by atoms with van der Waals surface area (Å²) in [5.74, 6) is -8.01. The van der Waals surface area contributed by atoms with Gasteiger partial charge in [-0.1, -0.05) is 31.2 Å². The van der Waals surface area contributed by atoms with Crippen LogP contribution in [0.1, 0.15) is 43.2 Å². The van der Waals surface area contributed by atoms with Crippen molar-refractivity contribution in [3.8, 4) is 5.75 Å². The largest absolute Gasteiger partial charge is 0.430 e. The molecule has 1 aliphatic rings. The zero-order chi connectivity index (χ0) is 22.8. The van der Waals surface area contributed by atoms with E-state index in [0.717, 1.165) is 0 Å². The normalized spacial score (nSPS) is 20.4. The first kappa shape index (κ1) is 23.1. The third-order valence-corrected chi connectivity index (χ3v) is 5.05. The summed E-state index contributed by atoms with van der Waals surface area (Å²) in [6.07, 6.45) is -5.52. The van der Waals surface area contributed by atoms with E-state index in [0.29, 0.717) is 17.7 Å². The molecule has 0 aliphatic carbocycles. The Labute approximate surface area is 174 Å². The maximum Gasteiger partial charge on any atom is 0.424 e. The summed E-state index contributed by atoms with van der Waals surface area (Å²) in [7, 11) is 0. The number of benzene rings is 2. The summed E-state index contributed by atoms with van der Waals surface area (Å²) in [5.41, 5.74) is 0.787. The van der Waals surface area contributed by atoms with Gasteiger partial charge in [-0.3, -0.25) is 0 Å². The summed E-state index contributed by atoms with van der Waals surface area (Å²) in [6, 6.07) is 6.61. The van der Waals surface area contributed by atoms with E-state index in [9.17, 15) is 30.7 Å². The minimum atomic E-state index is -3.91. The lowest BCUT2D eigenvalue weighted by Gasteiger charge is -2.33. The van der Waals surface area contributed by atoms with Gasteiger partial charge < -0.3 is 9.47 Å². The van der Waals surface area contributed by atoms with E-state index >= 15 is 0 Å². The van der Waals surface area contributed by atoms with Crippen molar-refractivity contribution in [2.75, 3.05) is 6.61 Å². The molecule has 0 bridgehead atoms. The van der Waals surface area contributed by atoms with Gasteiger partial charge in [0, 0.05) is 23.6 Å². The molecule has 9 heteroatoms. The Bertz CT molecular complexity index is 926. The van der Waals surface area contributed by atoms with Gasteiger partial charge in [-0.2, -0.15) is 8.78 Å². The highest BCUT2D eigenvalue weighted by Crippen LogP contribution is 2.37. The van der Waals surface area contributed by atoms with Gasteiger partial charge >= 0.3 is 6.11 Å². The molecule has 168 valence electrons. The van der Waals surface area contributed by atoms with Crippen LogP contribution in [0.4, 0.5) is 30.7 Å². The molecular weight excluding hydrogens is 429 g/mol. The smallest absolute Gasteiger partial charge is 0.424 e. The van der Waals surface area contributed by atoms with Crippen LogP contribution in [-0.4, -0.2) is 18.8 Å². The van der Waals surface area contributed by atoms with Gasteiger partial charge in [-0.15, -0.1) is 0 Å². The second-order valence-corrected chi connectivity index (χ2v) is 7.16. The minimum Gasteiger partial charge on any atom is -0.430 e. The number of ether oxygens (including phenoxy) is 2. The Balaban J connectivity index is 1.63. The molecule has 0 saturated carbocycles. The number of hydrogen-bond donors (Lipinski definition) is 0. The van der Waals surface area contributed by atoms with Crippen LogP contribution in [0.25, 0.3) is 5.83 Å². The minimum absolute atomic E-state index is 0.0705. The van der Waals surface area contributed by atoms with Gasteiger partial charge in [0.1, 0.15) is 11.6 Å². The van der Waals surface area contributed by atoms with E-state index in [1.165, 1.54) is 19.1 Å². The van der Waals surface area contributed by atoms with Gasteiger partial charge in [0.25, 0.3) is 0 Å². The average Bonchev–Trinajstić information content (AvgIpc) is 2.76. The fourth-order valence-corrected chi connectivity index (χ4v) is 3.31. The summed E-state index contributed by atoms with van der Waals surface area (Å²) in [4.78, 5) is 0. The Morgan fingerprint density at radius 3 is 2.16 bits per heavy atom. The quantitative estimate of drug-likeness (QED) is 0.348. The van der Waals surface area contributed by atoms with Crippen LogP contribution in [0.5, 0.6) is 5.75 Å². The lowest BCUT2D eigenvalue weighted by atomic mass is 9.90. The van der Waals surface area contributed by atoms with Crippen LogP contribution >= 0.6 is 0 Å². The van der Waals surface area contributed by atoms with Crippen LogP contribution in [-0.2, 0) is 4.74 Å². The maximum absolute atomic E-state index is 14.4. The Hall–Kier alpha value is -2.55. The molecule has 0 amide bonds. The van der Waals surface area contributed by atoms with E-state index in [2.05, 4.69) is 4.74 Å². The van der Waals surface area contributed by atoms with Crippen molar-refractivity contribution < 1.29 is 40.2 Å². The molecule has 0 aromatic heterocycles. The van der Waals surface area contributed by atoms with E-state index in [1.54, 1.807) is 12.1 Å². The summed E-state index contributed by atoms with van der Waals surface area (Å²) >= 11 is 0. The summed E-state index contributed by atoms with van der Waals surface area (Å²) < 4.78 is 105. The lowest BCUT2D eigenvalue weighted by molar-refractivity contribution is -0.262. The van der Waals surface area contributed by atoms with Crippen molar-refractivity contribution in [3.63, 3.8) is 0 Å². The highest BCUT2D eigenvalue weighted by atomic mass is 19.3. The number of halogens is 7. The van der Waals surface area contributed by atoms with Gasteiger partial charge in [0.2, 0.25) is 0 Å². The predicted molar refractivity (Wildman–Crippen MR) is 99.5 cm³/mol. The summed E-state index contributed by atoms with van der Waals surface area (Å²) in [6.45, 7) is 1.39. The molecule has 0 spiro atoms. The zero-order valence-electron chi connectivity index (χ0n) is 16.4. The molecular formula is C22H19F7O2. The van der Waals surface area contributed by atoms with Crippen molar-refractivity contribution in [1.29, 1.82) is 0 Å². The third kappa shape index (κ3) is 5.20. The SMILES string of the molecule is CC/C(F)=C(\F)c1ccc(C2CCC(C(F)(F)Oc3cc(F)c(F)c(F)c3)OC2)cc1. The number of hydrogen-bond acceptors (Lipinski definition) is 2. The Kier molecular flexibility index (Phi) is 6.93. The third-order valence-electron chi connectivity index (χ3n) is 5.05. The first-order chi connectivity index (χ1) is 14.6. The molecule has 1 fully saturated rings. The van der Waals surface area contributed by atoms with Crippen LogP contribution in [0.15, 0.2) is 42.2 Å². The predicted octanol–water partition coefficient (Wildman–Crippen LogP) is 7.06. The number of alkyl halides is 2. The molecule has 2 nitrogen and oxygen atoms in total. The van der Waals surface area contributed by atoms with E-state index in [4.69, 9.17) is 4.74 Å². The zero-order valence-corrected chi connectivity index (χ0v) is 16.4. The van der Waals surface area contributed by atoms with Gasteiger partial charge in [-0.05, 0) is 24.8 Å². The topological polar surface area (TPSA) is 18.5 Å². The molecule has 3 rings (SSSR count). The lowest BCUT2D eigenvalue weighted by Crippen LogP contribution is -2.44. The standard InChI is InChI=1S/C22H19F7O2/c1-2-16(23)20(26)13-5-3-12(4-6-13)14-7-8-19(30-11-14)22(28,29)31-15-9-17(24)21(27)18(25)10-15/h3-6,9-10,14,19H,2,7-8,11H2,1H3/b20-16+. The Morgan fingerprint density at radius 1 is 1.03 bits per heavy atom. The summed E-state index contributed by atoms with van der Waals surface area (Å²) in [5, 5.41) is 0.